The van der Waals surface area contributed by atoms with Crippen molar-refractivity contribution < 1.29 is 9.32 Å². The number of thiazole rings is 1. The Morgan fingerprint density at radius 1 is 1.29 bits per heavy atom. The molecular weight excluding hydrogens is 494 g/mol. The summed E-state index contributed by atoms with van der Waals surface area (Å²) in [7, 11) is 0. The van der Waals surface area contributed by atoms with E-state index in [1.165, 1.54) is 0 Å². The van der Waals surface area contributed by atoms with Crippen molar-refractivity contribution in [3.05, 3.63) is 67.3 Å². The summed E-state index contributed by atoms with van der Waals surface area (Å²) in [6.45, 7) is 2.70. The van der Waals surface area contributed by atoms with Gasteiger partial charge in [0.15, 0.2) is 0 Å². The summed E-state index contributed by atoms with van der Waals surface area (Å²) in [5, 5.41) is 9.35. The van der Waals surface area contributed by atoms with Gasteiger partial charge in [-0.2, -0.15) is 0 Å². The van der Waals surface area contributed by atoms with E-state index in [0.29, 0.717) is 6.42 Å². The molecule has 1 atom stereocenters. The monoisotopic (exact) mass is 513 g/mol. The summed E-state index contributed by atoms with van der Waals surface area (Å²) in [4.78, 5) is 21.0. The molecule has 0 spiro atoms. The lowest BCUT2D eigenvalue weighted by Crippen LogP contribution is -2.31. The van der Waals surface area contributed by atoms with Crippen LogP contribution in [0.4, 0.5) is 0 Å². The van der Waals surface area contributed by atoms with E-state index in [1.807, 2.05) is 53.6 Å². The van der Waals surface area contributed by atoms with Gasteiger partial charge in [-0.1, -0.05) is 39.3 Å². The van der Waals surface area contributed by atoms with Crippen molar-refractivity contribution in [1.82, 2.24) is 15.0 Å². The summed E-state index contributed by atoms with van der Waals surface area (Å²) in [5.74, 6) is 0.918. The minimum atomic E-state index is 0.0423. The third kappa shape index (κ3) is 4.12. The van der Waals surface area contributed by atoms with Crippen LogP contribution in [-0.4, -0.2) is 27.5 Å². The van der Waals surface area contributed by atoms with Gasteiger partial charge in [-0.25, -0.2) is 4.98 Å². The number of aromatic nitrogens is 2. The molecule has 3 aromatic heterocycles. The lowest BCUT2D eigenvalue weighted by atomic mass is 10.0. The van der Waals surface area contributed by atoms with Crippen LogP contribution in [0.25, 0.3) is 22.5 Å². The minimum absolute atomic E-state index is 0.0423. The number of halogens is 1. The van der Waals surface area contributed by atoms with Crippen LogP contribution in [0.5, 0.6) is 0 Å². The van der Waals surface area contributed by atoms with Gasteiger partial charge in [-0.15, -0.1) is 22.7 Å². The first kappa shape index (κ1) is 20.6. The van der Waals surface area contributed by atoms with Gasteiger partial charge in [-0.3, -0.25) is 4.79 Å². The van der Waals surface area contributed by atoms with Crippen molar-refractivity contribution in [2.24, 2.45) is 0 Å². The third-order valence-corrected chi connectivity index (χ3v) is 7.82. The number of nitrogens with zero attached hydrogens (tertiary/aromatic N) is 3. The van der Waals surface area contributed by atoms with Gasteiger partial charge < -0.3 is 9.42 Å². The van der Waals surface area contributed by atoms with E-state index in [-0.39, 0.29) is 11.9 Å². The molecule has 4 heterocycles. The summed E-state index contributed by atoms with van der Waals surface area (Å²) in [5.41, 5.74) is 3.53. The first-order valence-electron chi connectivity index (χ1n) is 10.1. The number of carbonyl (C=O) groups is 1. The molecule has 0 radical (unpaired) electrons. The molecule has 1 aliphatic heterocycles. The molecular formula is C23H20BrN3O2S2. The largest absolute Gasteiger partial charge is 0.360 e. The predicted molar refractivity (Wildman–Crippen MR) is 127 cm³/mol. The summed E-state index contributed by atoms with van der Waals surface area (Å²) in [6.07, 6.45) is 2.42. The molecule has 1 aliphatic rings. The predicted octanol–water partition coefficient (Wildman–Crippen LogP) is 6.50. The maximum Gasteiger partial charge on any atom is 0.228 e. The van der Waals surface area contributed by atoms with Crippen molar-refractivity contribution >= 4 is 44.5 Å². The average molecular weight is 514 g/mol. The molecule has 31 heavy (non-hydrogen) atoms. The fourth-order valence-electron chi connectivity index (χ4n) is 4.05. The summed E-state index contributed by atoms with van der Waals surface area (Å²) < 4.78 is 6.52. The average Bonchev–Trinajstić information content (AvgIpc) is 3.54. The van der Waals surface area contributed by atoms with Gasteiger partial charge in [0.1, 0.15) is 16.5 Å². The molecule has 1 aromatic carbocycles. The van der Waals surface area contributed by atoms with Crippen LogP contribution in [0, 0.1) is 6.92 Å². The van der Waals surface area contributed by atoms with E-state index < -0.39 is 0 Å². The van der Waals surface area contributed by atoms with E-state index in [0.717, 1.165) is 62.0 Å². The molecule has 158 valence electrons. The van der Waals surface area contributed by atoms with Crippen LogP contribution in [0.1, 0.15) is 34.5 Å². The zero-order chi connectivity index (χ0) is 21.4. The van der Waals surface area contributed by atoms with Gasteiger partial charge in [0.25, 0.3) is 0 Å². The molecule has 1 fully saturated rings. The first-order chi connectivity index (χ1) is 15.1. The zero-order valence-electron chi connectivity index (χ0n) is 16.9. The lowest BCUT2D eigenvalue weighted by molar-refractivity contribution is -0.131. The molecule has 4 aromatic rings. The van der Waals surface area contributed by atoms with Crippen molar-refractivity contribution in [2.75, 3.05) is 6.54 Å². The van der Waals surface area contributed by atoms with Crippen LogP contribution in [0.15, 0.2) is 56.2 Å². The number of benzene rings is 1. The molecule has 5 rings (SSSR count). The Morgan fingerprint density at radius 3 is 3.00 bits per heavy atom. The maximum absolute atomic E-state index is 12.9. The quantitative estimate of drug-likeness (QED) is 0.305. The van der Waals surface area contributed by atoms with Gasteiger partial charge in [0.05, 0.1) is 23.7 Å². The number of hydrogen-bond donors (Lipinski definition) is 0. The standard InChI is InChI=1S/C23H20BrN3O2S2/c1-14-21(22(26-29-14)15-5-2-6-16(24)11-15)18-13-31-23(25-18)19-8-3-9-27(19)20(28)12-17-7-4-10-30-17/h2,4-7,10-11,13,19H,3,8-9,12H2,1H3. The number of aryl methyl sites for hydroxylation is 1. The van der Waals surface area contributed by atoms with Crippen molar-refractivity contribution in [1.29, 1.82) is 0 Å². The maximum atomic E-state index is 12.9. The topological polar surface area (TPSA) is 59.2 Å². The van der Waals surface area contributed by atoms with E-state index in [1.54, 1.807) is 22.7 Å². The van der Waals surface area contributed by atoms with E-state index >= 15 is 0 Å². The fourth-order valence-corrected chi connectivity index (χ4v) is 6.10. The Labute approximate surface area is 196 Å². The first-order valence-corrected chi connectivity index (χ1v) is 12.7. The molecule has 0 N–H and O–H groups in total. The minimum Gasteiger partial charge on any atom is -0.360 e. The smallest absolute Gasteiger partial charge is 0.228 e. The van der Waals surface area contributed by atoms with Crippen molar-refractivity contribution in [2.45, 2.75) is 32.2 Å². The van der Waals surface area contributed by atoms with Crippen LogP contribution in [0.3, 0.4) is 0 Å². The summed E-state index contributed by atoms with van der Waals surface area (Å²) in [6, 6.07) is 12.1. The van der Waals surface area contributed by atoms with Crippen LogP contribution >= 0.6 is 38.6 Å². The molecule has 1 unspecified atom stereocenters. The normalized spacial score (nSPS) is 16.2. The number of amides is 1. The number of rotatable bonds is 5. The van der Waals surface area contributed by atoms with E-state index in [2.05, 4.69) is 26.5 Å². The SMILES string of the molecule is Cc1onc(-c2cccc(Br)c2)c1-c1csc(C2CCCN2C(=O)Cc2cccs2)n1. The molecule has 5 nitrogen and oxygen atoms in total. The Morgan fingerprint density at radius 2 is 2.19 bits per heavy atom. The molecule has 0 bridgehead atoms. The number of likely N-dealkylation sites (tertiary alicyclic amines) is 1. The van der Waals surface area contributed by atoms with Gasteiger partial charge in [0, 0.05) is 26.8 Å². The van der Waals surface area contributed by atoms with E-state index in [4.69, 9.17) is 9.51 Å². The van der Waals surface area contributed by atoms with Gasteiger partial charge in [0.2, 0.25) is 5.91 Å². The Balaban J connectivity index is 1.43. The molecule has 0 saturated carbocycles. The fraction of sp³-hybridized carbons (Fsp3) is 0.261. The van der Waals surface area contributed by atoms with Crippen molar-refractivity contribution in [3.63, 3.8) is 0 Å². The molecule has 1 amide bonds. The zero-order valence-corrected chi connectivity index (χ0v) is 20.1. The molecule has 1 saturated heterocycles. The second-order valence-corrected chi connectivity index (χ2v) is 10.4. The second kappa shape index (κ2) is 8.68. The number of hydrogen-bond acceptors (Lipinski definition) is 6. The Kier molecular flexibility index (Phi) is 5.77. The van der Waals surface area contributed by atoms with Crippen LogP contribution in [-0.2, 0) is 11.2 Å². The van der Waals surface area contributed by atoms with Crippen molar-refractivity contribution in [3.8, 4) is 22.5 Å². The number of carbonyl (C=O) groups excluding carboxylic acids is 1. The highest BCUT2D eigenvalue weighted by atomic mass is 79.9. The van der Waals surface area contributed by atoms with Crippen LogP contribution in [0.2, 0.25) is 0 Å². The lowest BCUT2D eigenvalue weighted by Gasteiger charge is -2.23. The number of thiophene rings is 1. The molecule has 8 heteroatoms. The highest BCUT2D eigenvalue weighted by molar-refractivity contribution is 9.10. The Hall–Kier alpha value is -2.29. The third-order valence-electron chi connectivity index (χ3n) is 5.50. The van der Waals surface area contributed by atoms with Gasteiger partial charge in [-0.05, 0) is 43.3 Å². The van der Waals surface area contributed by atoms with E-state index in [9.17, 15) is 4.79 Å². The molecule has 0 aliphatic carbocycles. The summed E-state index contributed by atoms with van der Waals surface area (Å²) >= 11 is 6.77. The highest BCUT2D eigenvalue weighted by Gasteiger charge is 2.32. The highest BCUT2D eigenvalue weighted by Crippen LogP contribution is 2.39. The van der Waals surface area contributed by atoms with Crippen LogP contribution < -0.4 is 0 Å². The second-order valence-electron chi connectivity index (χ2n) is 7.54. The van der Waals surface area contributed by atoms with Gasteiger partial charge >= 0.3 is 0 Å². The Bertz CT molecular complexity index is 1220.